The standard InChI is InChI=1S/C12H19ClN4/c1-12(2,3)16-11-14-9(13)8-10(15-11)17-6-4-5-7-17/h8H,4-7H2,1-3H3,(H,14,15,16). The van der Waals surface area contributed by atoms with E-state index < -0.39 is 0 Å². The molecule has 0 spiro atoms. The van der Waals surface area contributed by atoms with Crippen molar-refractivity contribution >= 4 is 23.4 Å². The van der Waals surface area contributed by atoms with Crippen LogP contribution >= 0.6 is 11.6 Å². The maximum absolute atomic E-state index is 6.04. The molecule has 2 heterocycles. The fraction of sp³-hybridized carbons (Fsp3) is 0.667. The molecule has 0 atom stereocenters. The first-order chi connectivity index (χ1) is 7.94. The van der Waals surface area contributed by atoms with E-state index in [2.05, 4.69) is 41.0 Å². The molecular weight excluding hydrogens is 236 g/mol. The van der Waals surface area contributed by atoms with Crippen LogP contribution in [0.2, 0.25) is 5.15 Å². The lowest BCUT2D eigenvalue weighted by Crippen LogP contribution is -2.28. The zero-order chi connectivity index (χ0) is 12.5. The molecule has 1 aromatic rings. The van der Waals surface area contributed by atoms with Crippen molar-refractivity contribution in [3.8, 4) is 0 Å². The molecule has 1 aromatic heterocycles. The summed E-state index contributed by atoms with van der Waals surface area (Å²) in [7, 11) is 0. The average molecular weight is 255 g/mol. The highest BCUT2D eigenvalue weighted by atomic mass is 35.5. The van der Waals surface area contributed by atoms with Crippen molar-refractivity contribution in [2.75, 3.05) is 23.3 Å². The quantitative estimate of drug-likeness (QED) is 0.824. The van der Waals surface area contributed by atoms with E-state index in [0.29, 0.717) is 11.1 Å². The van der Waals surface area contributed by atoms with Gasteiger partial charge in [0.25, 0.3) is 0 Å². The molecule has 0 saturated carbocycles. The molecule has 1 fully saturated rings. The van der Waals surface area contributed by atoms with Crippen LogP contribution in [0.15, 0.2) is 6.07 Å². The van der Waals surface area contributed by atoms with Crippen LogP contribution < -0.4 is 10.2 Å². The Bertz CT molecular complexity index is 394. The van der Waals surface area contributed by atoms with Gasteiger partial charge in [-0.1, -0.05) is 11.6 Å². The first kappa shape index (κ1) is 12.4. The SMILES string of the molecule is CC(C)(C)Nc1nc(Cl)cc(N2CCCC2)n1. The van der Waals surface area contributed by atoms with Gasteiger partial charge in [0.1, 0.15) is 11.0 Å². The van der Waals surface area contributed by atoms with Crippen LogP contribution in [-0.4, -0.2) is 28.6 Å². The molecule has 0 bridgehead atoms. The first-order valence-electron chi connectivity index (χ1n) is 6.02. The van der Waals surface area contributed by atoms with E-state index in [1.165, 1.54) is 12.8 Å². The predicted octanol–water partition coefficient (Wildman–Crippen LogP) is 2.94. The Morgan fingerprint density at radius 3 is 2.47 bits per heavy atom. The van der Waals surface area contributed by atoms with Gasteiger partial charge >= 0.3 is 0 Å². The lowest BCUT2D eigenvalue weighted by molar-refractivity contribution is 0.625. The molecule has 0 aromatic carbocycles. The molecule has 1 N–H and O–H groups in total. The second-order valence-electron chi connectivity index (χ2n) is 5.44. The summed E-state index contributed by atoms with van der Waals surface area (Å²) in [6.45, 7) is 8.34. The molecule has 0 unspecified atom stereocenters. The van der Waals surface area contributed by atoms with E-state index in [-0.39, 0.29) is 5.54 Å². The summed E-state index contributed by atoms with van der Waals surface area (Å²) in [6.07, 6.45) is 2.45. The maximum Gasteiger partial charge on any atom is 0.226 e. The van der Waals surface area contributed by atoms with Crippen molar-refractivity contribution in [1.82, 2.24) is 9.97 Å². The monoisotopic (exact) mass is 254 g/mol. The Hall–Kier alpha value is -1.03. The van der Waals surface area contributed by atoms with Crippen LogP contribution in [0.4, 0.5) is 11.8 Å². The summed E-state index contributed by atoms with van der Waals surface area (Å²) in [6, 6.07) is 1.83. The second-order valence-corrected chi connectivity index (χ2v) is 5.83. The van der Waals surface area contributed by atoms with E-state index in [9.17, 15) is 0 Å². The van der Waals surface area contributed by atoms with E-state index >= 15 is 0 Å². The average Bonchev–Trinajstić information content (AvgIpc) is 2.65. The van der Waals surface area contributed by atoms with Gasteiger partial charge in [0, 0.05) is 24.7 Å². The van der Waals surface area contributed by atoms with Crippen molar-refractivity contribution in [2.45, 2.75) is 39.2 Å². The molecule has 17 heavy (non-hydrogen) atoms. The highest BCUT2D eigenvalue weighted by Crippen LogP contribution is 2.23. The number of aromatic nitrogens is 2. The van der Waals surface area contributed by atoms with Crippen molar-refractivity contribution < 1.29 is 0 Å². The van der Waals surface area contributed by atoms with Crippen molar-refractivity contribution in [1.29, 1.82) is 0 Å². The number of hydrogen-bond acceptors (Lipinski definition) is 4. The molecule has 2 rings (SSSR count). The van der Waals surface area contributed by atoms with Crippen LogP contribution in [0.3, 0.4) is 0 Å². The molecule has 94 valence electrons. The van der Waals surface area contributed by atoms with Gasteiger partial charge in [-0.05, 0) is 33.6 Å². The Morgan fingerprint density at radius 1 is 1.24 bits per heavy atom. The first-order valence-corrected chi connectivity index (χ1v) is 6.39. The summed E-state index contributed by atoms with van der Waals surface area (Å²) in [5.74, 6) is 1.53. The number of nitrogens with zero attached hydrogens (tertiary/aromatic N) is 3. The molecule has 0 amide bonds. The van der Waals surface area contributed by atoms with Gasteiger partial charge in [0.15, 0.2) is 0 Å². The van der Waals surface area contributed by atoms with Crippen LogP contribution in [0.25, 0.3) is 0 Å². The third kappa shape index (κ3) is 3.46. The number of halogens is 1. The highest BCUT2D eigenvalue weighted by molar-refractivity contribution is 6.29. The van der Waals surface area contributed by atoms with E-state index in [1.54, 1.807) is 0 Å². The van der Waals surface area contributed by atoms with Gasteiger partial charge in [0.2, 0.25) is 5.95 Å². The van der Waals surface area contributed by atoms with E-state index in [1.807, 2.05) is 6.07 Å². The zero-order valence-electron chi connectivity index (χ0n) is 10.6. The number of hydrogen-bond donors (Lipinski definition) is 1. The van der Waals surface area contributed by atoms with Gasteiger partial charge in [-0.2, -0.15) is 4.98 Å². The number of anilines is 2. The lowest BCUT2D eigenvalue weighted by Gasteiger charge is -2.22. The van der Waals surface area contributed by atoms with Crippen LogP contribution in [0, 0.1) is 0 Å². The Balaban J connectivity index is 2.22. The van der Waals surface area contributed by atoms with Gasteiger partial charge in [-0.3, -0.25) is 0 Å². The minimum atomic E-state index is -0.0625. The normalized spacial score (nSPS) is 16.4. The van der Waals surface area contributed by atoms with Gasteiger partial charge < -0.3 is 10.2 Å². The smallest absolute Gasteiger partial charge is 0.226 e. The lowest BCUT2D eigenvalue weighted by atomic mass is 10.1. The van der Waals surface area contributed by atoms with Crippen LogP contribution in [0.5, 0.6) is 0 Å². The summed E-state index contributed by atoms with van der Waals surface area (Å²) in [5, 5.41) is 3.75. The van der Waals surface area contributed by atoms with Gasteiger partial charge in [0.05, 0.1) is 0 Å². The predicted molar refractivity (Wildman–Crippen MR) is 71.9 cm³/mol. The van der Waals surface area contributed by atoms with Crippen molar-refractivity contribution in [3.05, 3.63) is 11.2 Å². The number of nitrogens with one attached hydrogen (secondary N) is 1. The summed E-state index contributed by atoms with van der Waals surface area (Å²) in [4.78, 5) is 11.0. The maximum atomic E-state index is 6.04. The minimum Gasteiger partial charge on any atom is -0.356 e. The summed E-state index contributed by atoms with van der Waals surface area (Å²) < 4.78 is 0. The highest BCUT2D eigenvalue weighted by Gasteiger charge is 2.17. The van der Waals surface area contributed by atoms with Crippen molar-refractivity contribution in [2.24, 2.45) is 0 Å². The van der Waals surface area contributed by atoms with Crippen LogP contribution in [-0.2, 0) is 0 Å². The molecule has 1 saturated heterocycles. The Kier molecular flexibility index (Phi) is 3.43. The van der Waals surface area contributed by atoms with Gasteiger partial charge in [-0.25, -0.2) is 4.98 Å². The zero-order valence-corrected chi connectivity index (χ0v) is 11.4. The topological polar surface area (TPSA) is 41.1 Å². The number of rotatable bonds is 2. The third-order valence-electron chi connectivity index (χ3n) is 2.60. The minimum absolute atomic E-state index is 0.0625. The Labute approximate surface area is 107 Å². The molecule has 1 aliphatic heterocycles. The molecule has 0 radical (unpaired) electrons. The largest absolute Gasteiger partial charge is 0.356 e. The molecule has 5 heteroatoms. The Morgan fingerprint density at radius 2 is 1.88 bits per heavy atom. The van der Waals surface area contributed by atoms with Crippen molar-refractivity contribution in [3.63, 3.8) is 0 Å². The molecule has 4 nitrogen and oxygen atoms in total. The summed E-state index contributed by atoms with van der Waals surface area (Å²) >= 11 is 6.04. The second kappa shape index (κ2) is 4.69. The van der Waals surface area contributed by atoms with E-state index in [0.717, 1.165) is 18.9 Å². The van der Waals surface area contributed by atoms with Crippen LogP contribution in [0.1, 0.15) is 33.6 Å². The molecule has 1 aliphatic rings. The molecular formula is C12H19ClN4. The van der Waals surface area contributed by atoms with E-state index in [4.69, 9.17) is 11.6 Å². The fourth-order valence-corrected chi connectivity index (χ4v) is 2.08. The third-order valence-corrected chi connectivity index (χ3v) is 2.79. The fourth-order valence-electron chi connectivity index (χ4n) is 1.91. The summed E-state index contributed by atoms with van der Waals surface area (Å²) in [5.41, 5.74) is -0.0625. The van der Waals surface area contributed by atoms with Gasteiger partial charge in [-0.15, -0.1) is 0 Å². The molecule has 0 aliphatic carbocycles.